The summed E-state index contributed by atoms with van der Waals surface area (Å²) in [5.41, 5.74) is 0.223. The van der Waals surface area contributed by atoms with Crippen molar-refractivity contribution in [2.24, 2.45) is 5.41 Å². The molecule has 0 saturated heterocycles. The highest BCUT2D eigenvalue weighted by atomic mass is 16.2. The molecular weight excluding hydrogens is 164 g/mol. The number of rotatable bonds is 4. The Labute approximate surface area is 81.3 Å². The molecule has 13 heavy (non-hydrogen) atoms. The molecule has 78 valence electrons. The number of carbonyl (C=O) groups is 1. The molecule has 0 fully saturated rings. The van der Waals surface area contributed by atoms with Gasteiger partial charge in [-0.05, 0) is 19.3 Å². The van der Waals surface area contributed by atoms with E-state index in [1.54, 1.807) is 0 Å². The second-order valence-electron chi connectivity index (χ2n) is 4.56. The van der Waals surface area contributed by atoms with E-state index in [1.165, 1.54) is 0 Å². The maximum Gasteiger partial charge on any atom is 0.236 e. The molecular formula is C10H22N2O. The molecule has 2 N–H and O–H groups in total. The highest BCUT2D eigenvalue weighted by molar-refractivity contribution is 5.81. The van der Waals surface area contributed by atoms with Crippen LogP contribution < -0.4 is 10.6 Å². The normalized spacial score (nSPS) is 13.9. The predicted octanol–water partition coefficient (Wildman–Crippen LogP) is 1.15. The van der Waals surface area contributed by atoms with E-state index in [0.29, 0.717) is 6.54 Å². The second-order valence-corrected chi connectivity index (χ2v) is 4.56. The van der Waals surface area contributed by atoms with Crippen LogP contribution in [0.2, 0.25) is 0 Å². The molecule has 0 aliphatic heterocycles. The first-order chi connectivity index (χ1) is 5.87. The summed E-state index contributed by atoms with van der Waals surface area (Å²) < 4.78 is 0. The number of amides is 1. The van der Waals surface area contributed by atoms with Gasteiger partial charge in [-0.25, -0.2) is 0 Å². The van der Waals surface area contributed by atoms with Crippen molar-refractivity contribution in [3.63, 3.8) is 0 Å². The van der Waals surface area contributed by atoms with Gasteiger partial charge in [-0.15, -0.1) is 0 Å². The van der Waals surface area contributed by atoms with Crippen LogP contribution in [-0.4, -0.2) is 25.0 Å². The summed E-state index contributed by atoms with van der Waals surface area (Å²) in [7, 11) is 0. The van der Waals surface area contributed by atoms with Gasteiger partial charge in [0.1, 0.15) is 0 Å². The molecule has 0 rings (SSSR count). The summed E-state index contributed by atoms with van der Waals surface area (Å²) in [5, 5.41) is 5.98. The maximum atomic E-state index is 11.3. The molecule has 1 amide bonds. The van der Waals surface area contributed by atoms with E-state index >= 15 is 0 Å². The van der Waals surface area contributed by atoms with Crippen LogP contribution in [0, 0.1) is 5.41 Å². The van der Waals surface area contributed by atoms with E-state index < -0.39 is 0 Å². The van der Waals surface area contributed by atoms with Crippen LogP contribution >= 0.6 is 0 Å². The van der Waals surface area contributed by atoms with Crippen molar-refractivity contribution in [3.8, 4) is 0 Å². The Morgan fingerprint density at radius 2 is 1.92 bits per heavy atom. The van der Waals surface area contributed by atoms with Gasteiger partial charge >= 0.3 is 0 Å². The summed E-state index contributed by atoms with van der Waals surface area (Å²) in [6, 6.07) is -0.0980. The molecule has 0 aromatic rings. The third-order valence-electron chi connectivity index (χ3n) is 1.68. The molecule has 0 saturated carbocycles. The van der Waals surface area contributed by atoms with Gasteiger partial charge in [0.15, 0.2) is 0 Å². The largest absolute Gasteiger partial charge is 0.355 e. The van der Waals surface area contributed by atoms with E-state index in [4.69, 9.17) is 0 Å². The molecule has 3 nitrogen and oxygen atoms in total. The lowest BCUT2D eigenvalue weighted by atomic mass is 9.96. The van der Waals surface area contributed by atoms with Gasteiger partial charge in [0, 0.05) is 13.1 Å². The summed E-state index contributed by atoms with van der Waals surface area (Å²) in [4.78, 5) is 11.3. The third kappa shape index (κ3) is 6.58. The van der Waals surface area contributed by atoms with Crippen molar-refractivity contribution in [1.29, 1.82) is 0 Å². The Bertz CT molecular complexity index is 161. The average molecular weight is 186 g/mol. The van der Waals surface area contributed by atoms with Gasteiger partial charge in [0.2, 0.25) is 5.91 Å². The van der Waals surface area contributed by atoms with Gasteiger partial charge in [-0.1, -0.05) is 20.8 Å². The van der Waals surface area contributed by atoms with Crippen LogP contribution in [0.4, 0.5) is 0 Å². The molecule has 0 bridgehead atoms. The van der Waals surface area contributed by atoms with Crippen LogP contribution in [0.3, 0.4) is 0 Å². The van der Waals surface area contributed by atoms with Crippen LogP contribution in [0.25, 0.3) is 0 Å². The molecule has 0 aromatic carbocycles. The Kier molecular flexibility index (Phi) is 4.99. The van der Waals surface area contributed by atoms with E-state index in [9.17, 15) is 4.79 Å². The minimum atomic E-state index is -0.0980. The number of nitrogens with one attached hydrogen (secondary N) is 2. The average Bonchev–Trinajstić information content (AvgIpc) is 1.99. The van der Waals surface area contributed by atoms with Gasteiger partial charge in [0.05, 0.1) is 6.04 Å². The molecule has 0 aromatic heterocycles. The maximum absolute atomic E-state index is 11.3. The minimum absolute atomic E-state index is 0.0757. The number of carbonyl (C=O) groups excluding carboxylic acids is 1. The van der Waals surface area contributed by atoms with Crippen molar-refractivity contribution >= 4 is 5.91 Å². The van der Waals surface area contributed by atoms with Crippen molar-refractivity contribution in [2.45, 2.75) is 40.7 Å². The predicted molar refractivity (Wildman–Crippen MR) is 55.6 cm³/mol. The summed E-state index contributed by atoms with van der Waals surface area (Å²) in [6.07, 6.45) is 0. The fraction of sp³-hybridized carbons (Fsp3) is 0.900. The molecule has 0 aliphatic rings. The molecule has 1 unspecified atom stereocenters. The molecule has 1 atom stereocenters. The summed E-state index contributed by atoms with van der Waals surface area (Å²) >= 11 is 0. The Morgan fingerprint density at radius 3 is 2.31 bits per heavy atom. The van der Waals surface area contributed by atoms with Crippen molar-refractivity contribution < 1.29 is 4.79 Å². The van der Waals surface area contributed by atoms with Crippen LogP contribution in [0.5, 0.6) is 0 Å². The Hall–Kier alpha value is -0.570. The first kappa shape index (κ1) is 12.4. The smallest absolute Gasteiger partial charge is 0.236 e. The molecule has 0 spiro atoms. The van der Waals surface area contributed by atoms with E-state index in [1.807, 2.05) is 13.8 Å². The van der Waals surface area contributed by atoms with Gasteiger partial charge in [0.25, 0.3) is 0 Å². The third-order valence-corrected chi connectivity index (χ3v) is 1.68. The lowest BCUT2D eigenvalue weighted by Gasteiger charge is -2.22. The Morgan fingerprint density at radius 1 is 1.38 bits per heavy atom. The van der Waals surface area contributed by atoms with E-state index in [-0.39, 0.29) is 17.4 Å². The quantitative estimate of drug-likeness (QED) is 0.691. The lowest BCUT2D eigenvalue weighted by Crippen LogP contribution is -2.44. The standard InChI is InChI=1S/C10H22N2O/c1-6-11-9(13)8(2)12-7-10(3,4)5/h8,12H,6-7H2,1-5H3,(H,11,13). The first-order valence-electron chi connectivity index (χ1n) is 4.88. The fourth-order valence-electron chi connectivity index (χ4n) is 0.879. The number of hydrogen-bond donors (Lipinski definition) is 2. The monoisotopic (exact) mass is 186 g/mol. The summed E-state index contributed by atoms with van der Waals surface area (Å²) in [5.74, 6) is 0.0757. The molecule has 3 heteroatoms. The Balaban J connectivity index is 3.74. The van der Waals surface area contributed by atoms with E-state index in [2.05, 4.69) is 31.4 Å². The zero-order chi connectivity index (χ0) is 10.5. The molecule has 0 heterocycles. The second kappa shape index (κ2) is 5.22. The zero-order valence-electron chi connectivity index (χ0n) is 9.40. The van der Waals surface area contributed by atoms with Crippen molar-refractivity contribution in [3.05, 3.63) is 0 Å². The van der Waals surface area contributed by atoms with Crippen molar-refractivity contribution in [2.75, 3.05) is 13.1 Å². The number of likely N-dealkylation sites (N-methyl/N-ethyl adjacent to an activating group) is 1. The minimum Gasteiger partial charge on any atom is -0.355 e. The highest BCUT2D eigenvalue weighted by Crippen LogP contribution is 2.10. The molecule has 0 aliphatic carbocycles. The van der Waals surface area contributed by atoms with Gasteiger partial charge < -0.3 is 10.6 Å². The molecule has 0 radical (unpaired) electrons. The van der Waals surface area contributed by atoms with E-state index in [0.717, 1.165) is 6.54 Å². The topological polar surface area (TPSA) is 41.1 Å². The zero-order valence-corrected chi connectivity index (χ0v) is 9.40. The van der Waals surface area contributed by atoms with Crippen LogP contribution in [-0.2, 0) is 4.79 Å². The highest BCUT2D eigenvalue weighted by Gasteiger charge is 2.15. The SMILES string of the molecule is CCNC(=O)C(C)NCC(C)(C)C. The van der Waals surface area contributed by atoms with Crippen LogP contribution in [0.1, 0.15) is 34.6 Å². The summed E-state index contributed by atoms with van der Waals surface area (Å²) in [6.45, 7) is 11.8. The van der Waals surface area contributed by atoms with Gasteiger partial charge in [-0.3, -0.25) is 4.79 Å². The lowest BCUT2D eigenvalue weighted by molar-refractivity contribution is -0.122. The van der Waals surface area contributed by atoms with Gasteiger partial charge in [-0.2, -0.15) is 0 Å². The fourth-order valence-corrected chi connectivity index (χ4v) is 0.879. The first-order valence-corrected chi connectivity index (χ1v) is 4.88. The van der Waals surface area contributed by atoms with Crippen LogP contribution in [0.15, 0.2) is 0 Å². The van der Waals surface area contributed by atoms with Crippen molar-refractivity contribution in [1.82, 2.24) is 10.6 Å². The number of hydrogen-bond acceptors (Lipinski definition) is 2.